The molecule has 0 aliphatic carbocycles. The van der Waals surface area contributed by atoms with E-state index in [2.05, 4.69) is 15.2 Å². The van der Waals surface area contributed by atoms with Gasteiger partial charge in [-0.3, -0.25) is 4.40 Å². The Labute approximate surface area is 85.4 Å². The predicted octanol–water partition coefficient (Wildman–Crippen LogP) is 0.703. The highest BCUT2D eigenvalue weighted by molar-refractivity contribution is 6.29. The van der Waals surface area contributed by atoms with E-state index >= 15 is 0 Å². The first-order valence-corrected chi connectivity index (χ1v) is 4.65. The smallest absolute Gasteiger partial charge is 0.165 e. The van der Waals surface area contributed by atoms with Crippen LogP contribution in [-0.4, -0.2) is 31.3 Å². The van der Waals surface area contributed by atoms with Gasteiger partial charge in [0.25, 0.3) is 0 Å². The van der Waals surface area contributed by atoms with Gasteiger partial charge >= 0.3 is 0 Å². The van der Waals surface area contributed by atoms with Crippen molar-refractivity contribution >= 4 is 17.2 Å². The Kier molecular flexibility index (Phi) is 2.60. The third kappa shape index (κ3) is 1.69. The van der Waals surface area contributed by atoms with Crippen LogP contribution in [0, 0.1) is 0 Å². The third-order valence-corrected chi connectivity index (χ3v) is 2.10. The summed E-state index contributed by atoms with van der Waals surface area (Å²) in [5, 5.41) is 17.0. The van der Waals surface area contributed by atoms with Crippen molar-refractivity contribution in [3.63, 3.8) is 0 Å². The van der Waals surface area contributed by atoms with Gasteiger partial charge in [-0.1, -0.05) is 11.6 Å². The second-order valence-electron chi connectivity index (χ2n) is 2.88. The molecule has 0 aliphatic heterocycles. The molecule has 0 amide bonds. The molecule has 2 rings (SSSR count). The number of aliphatic hydroxyl groups excluding tert-OH is 1. The first kappa shape index (κ1) is 9.36. The Morgan fingerprint density at radius 1 is 1.43 bits per heavy atom. The Bertz CT molecular complexity index is 442. The van der Waals surface area contributed by atoms with Crippen LogP contribution in [0.5, 0.6) is 0 Å². The number of aliphatic hydroxyl groups is 1. The van der Waals surface area contributed by atoms with E-state index in [0.29, 0.717) is 23.6 Å². The van der Waals surface area contributed by atoms with E-state index in [0.717, 1.165) is 5.82 Å². The van der Waals surface area contributed by atoms with Crippen LogP contribution >= 0.6 is 11.6 Å². The van der Waals surface area contributed by atoms with Crippen LogP contribution in [0.3, 0.4) is 0 Å². The maximum absolute atomic E-state index is 8.69. The molecule has 0 bridgehead atoms. The molecular formula is C8H9ClN4O. The number of nitrogens with zero attached hydrogens (tertiary/aromatic N) is 4. The van der Waals surface area contributed by atoms with Crippen LogP contribution in [-0.2, 0) is 6.42 Å². The van der Waals surface area contributed by atoms with Crippen molar-refractivity contribution in [3.05, 3.63) is 23.4 Å². The molecule has 14 heavy (non-hydrogen) atoms. The van der Waals surface area contributed by atoms with Gasteiger partial charge in [-0.05, 0) is 6.42 Å². The molecule has 2 aromatic rings. The van der Waals surface area contributed by atoms with E-state index < -0.39 is 0 Å². The number of hydrogen-bond donors (Lipinski definition) is 1. The molecule has 6 heteroatoms. The summed E-state index contributed by atoms with van der Waals surface area (Å²) in [4.78, 5) is 3.93. The Balaban J connectivity index is 2.37. The molecule has 2 heterocycles. The summed E-state index contributed by atoms with van der Waals surface area (Å²) >= 11 is 5.70. The van der Waals surface area contributed by atoms with E-state index in [1.807, 2.05) is 0 Å². The van der Waals surface area contributed by atoms with Gasteiger partial charge in [-0.2, -0.15) is 0 Å². The normalized spacial score (nSPS) is 11.0. The molecule has 1 N–H and O–H groups in total. The van der Waals surface area contributed by atoms with Crippen LogP contribution in [0.4, 0.5) is 0 Å². The number of aryl methyl sites for hydroxylation is 1. The minimum atomic E-state index is 0.149. The largest absolute Gasteiger partial charge is 0.396 e. The Hall–Kier alpha value is -1.20. The van der Waals surface area contributed by atoms with Crippen LogP contribution < -0.4 is 0 Å². The molecule has 5 nitrogen and oxygen atoms in total. The van der Waals surface area contributed by atoms with E-state index in [1.54, 1.807) is 16.8 Å². The van der Waals surface area contributed by atoms with Gasteiger partial charge in [0.15, 0.2) is 5.65 Å². The summed E-state index contributed by atoms with van der Waals surface area (Å²) < 4.78 is 1.77. The highest BCUT2D eigenvalue weighted by Gasteiger charge is 2.05. The Morgan fingerprint density at radius 2 is 2.29 bits per heavy atom. The summed E-state index contributed by atoms with van der Waals surface area (Å²) in [6.07, 6.45) is 2.94. The highest BCUT2D eigenvalue weighted by Crippen LogP contribution is 2.09. The fourth-order valence-electron chi connectivity index (χ4n) is 1.23. The van der Waals surface area contributed by atoms with E-state index in [4.69, 9.17) is 16.7 Å². The fraction of sp³-hybridized carbons (Fsp3) is 0.375. The maximum atomic E-state index is 8.69. The lowest BCUT2D eigenvalue weighted by atomic mass is 10.3. The topological polar surface area (TPSA) is 63.3 Å². The van der Waals surface area contributed by atoms with Crippen LogP contribution in [0.1, 0.15) is 12.2 Å². The maximum Gasteiger partial charge on any atom is 0.165 e. The van der Waals surface area contributed by atoms with Crippen LogP contribution in [0.2, 0.25) is 5.15 Å². The number of rotatable bonds is 3. The van der Waals surface area contributed by atoms with Crippen molar-refractivity contribution in [2.45, 2.75) is 12.8 Å². The fourth-order valence-corrected chi connectivity index (χ4v) is 1.37. The van der Waals surface area contributed by atoms with Crippen molar-refractivity contribution < 1.29 is 5.11 Å². The van der Waals surface area contributed by atoms with E-state index in [-0.39, 0.29) is 6.61 Å². The minimum Gasteiger partial charge on any atom is -0.396 e. The molecule has 0 unspecified atom stereocenters. The summed E-state index contributed by atoms with van der Waals surface area (Å²) in [7, 11) is 0. The predicted molar refractivity (Wildman–Crippen MR) is 51.2 cm³/mol. The van der Waals surface area contributed by atoms with Gasteiger partial charge in [-0.15, -0.1) is 10.2 Å². The molecule has 74 valence electrons. The molecule has 0 saturated heterocycles. The zero-order chi connectivity index (χ0) is 9.97. The van der Waals surface area contributed by atoms with Gasteiger partial charge < -0.3 is 5.11 Å². The summed E-state index contributed by atoms with van der Waals surface area (Å²) in [5.41, 5.74) is 0.679. The molecule has 0 aliphatic rings. The minimum absolute atomic E-state index is 0.149. The first-order chi connectivity index (χ1) is 6.81. The second-order valence-corrected chi connectivity index (χ2v) is 3.27. The molecular weight excluding hydrogens is 204 g/mol. The molecule has 0 aromatic carbocycles. The number of fused-ring (bicyclic) bond motifs is 1. The van der Waals surface area contributed by atoms with E-state index in [1.165, 1.54) is 0 Å². The van der Waals surface area contributed by atoms with Gasteiger partial charge in [0.2, 0.25) is 0 Å². The average molecular weight is 213 g/mol. The van der Waals surface area contributed by atoms with E-state index in [9.17, 15) is 0 Å². The first-order valence-electron chi connectivity index (χ1n) is 4.27. The van der Waals surface area contributed by atoms with Crippen molar-refractivity contribution in [1.29, 1.82) is 0 Å². The lowest BCUT2D eigenvalue weighted by molar-refractivity contribution is 0.287. The monoisotopic (exact) mass is 212 g/mol. The summed E-state index contributed by atoms with van der Waals surface area (Å²) in [6.45, 7) is 0.149. The standard InChI is InChI=1S/C8H9ClN4O/c9-6-4-8-12-11-7(2-1-3-14)13(8)5-10-6/h4-5,14H,1-3H2. The van der Waals surface area contributed by atoms with Crippen molar-refractivity contribution in [3.8, 4) is 0 Å². The van der Waals surface area contributed by atoms with Crippen molar-refractivity contribution in [1.82, 2.24) is 19.6 Å². The van der Waals surface area contributed by atoms with Crippen molar-refractivity contribution in [2.75, 3.05) is 6.61 Å². The van der Waals surface area contributed by atoms with Gasteiger partial charge in [-0.25, -0.2) is 4.98 Å². The SMILES string of the molecule is OCCCc1nnc2cc(Cl)ncn12. The average Bonchev–Trinajstić information content (AvgIpc) is 2.57. The Morgan fingerprint density at radius 3 is 3.07 bits per heavy atom. The lowest BCUT2D eigenvalue weighted by Gasteiger charge is -1.97. The molecule has 0 saturated carbocycles. The second kappa shape index (κ2) is 3.89. The molecule has 0 spiro atoms. The quantitative estimate of drug-likeness (QED) is 0.761. The lowest BCUT2D eigenvalue weighted by Crippen LogP contribution is -1.97. The molecule has 0 fully saturated rings. The molecule has 2 aromatic heterocycles. The van der Waals surface area contributed by atoms with Gasteiger partial charge in [0, 0.05) is 19.1 Å². The number of halogens is 1. The van der Waals surface area contributed by atoms with Crippen LogP contribution in [0.15, 0.2) is 12.4 Å². The summed E-state index contributed by atoms with van der Waals surface area (Å²) in [6, 6.07) is 1.65. The zero-order valence-electron chi connectivity index (χ0n) is 7.39. The highest BCUT2D eigenvalue weighted by atomic mass is 35.5. The van der Waals surface area contributed by atoms with Crippen LogP contribution in [0.25, 0.3) is 5.65 Å². The third-order valence-electron chi connectivity index (χ3n) is 1.90. The summed E-state index contributed by atoms with van der Waals surface area (Å²) in [5.74, 6) is 0.790. The number of aromatic nitrogens is 4. The molecule has 0 atom stereocenters. The van der Waals surface area contributed by atoms with Gasteiger partial charge in [0.1, 0.15) is 17.3 Å². The zero-order valence-corrected chi connectivity index (χ0v) is 8.15. The van der Waals surface area contributed by atoms with Crippen molar-refractivity contribution in [2.24, 2.45) is 0 Å². The van der Waals surface area contributed by atoms with Gasteiger partial charge in [0.05, 0.1) is 0 Å². The molecule has 0 radical (unpaired) electrons. The number of hydrogen-bond acceptors (Lipinski definition) is 4.